The van der Waals surface area contributed by atoms with E-state index in [9.17, 15) is 0 Å². The van der Waals surface area contributed by atoms with Gasteiger partial charge in [-0.05, 0) is 29.8 Å². The molecule has 4 rings (SSSR count). The molecule has 0 aliphatic carbocycles. The van der Waals surface area contributed by atoms with Crippen LogP contribution in [0.1, 0.15) is 10.6 Å². The molecule has 2 N–H and O–H groups in total. The summed E-state index contributed by atoms with van der Waals surface area (Å²) < 4.78 is 1.24. The van der Waals surface area contributed by atoms with Crippen molar-refractivity contribution in [2.45, 2.75) is 13.1 Å². The molecule has 0 radical (unpaired) electrons. The van der Waals surface area contributed by atoms with Crippen LogP contribution in [0.15, 0.2) is 48.8 Å². The molecular weight excluding hydrogens is 280 g/mol. The van der Waals surface area contributed by atoms with Crippen LogP contribution >= 0.6 is 11.3 Å². The first kappa shape index (κ1) is 12.5. The standard InChI is InChI=1S/C16H14N4S/c1-2-6-14-13(5-1)20-15(21-14)10-17-8-11-9-19-16-12(11)4-3-7-18-16/h1-7,9,17H,8,10H2,(H,18,19). The van der Waals surface area contributed by atoms with Crippen molar-refractivity contribution in [1.82, 2.24) is 20.3 Å². The first-order valence-electron chi connectivity index (χ1n) is 6.86. The number of rotatable bonds is 4. The van der Waals surface area contributed by atoms with Gasteiger partial charge in [0, 0.05) is 30.9 Å². The number of aromatic amines is 1. The number of nitrogens with zero attached hydrogens (tertiary/aromatic N) is 2. The van der Waals surface area contributed by atoms with Crippen molar-refractivity contribution in [3.05, 3.63) is 59.4 Å². The molecule has 1 aromatic carbocycles. The molecular formula is C16H14N4S. The highest BCUT2D eigenvalue weighted by Gasteiger charge is 2.05. The highest BCUT2D eigenvalue weighted by atomic mass is 32.1. The Morgan fingerprint density at radius 3 is 3.00 bits per heavy atom. The summed E-state index contributed by atoms with van der Waals surface area (Å²) in [5.41, 5.74) is 3.25. The van der Waals surface area contributed by atoms with Crippen LogP contribution in [0.4, 0.5) is 0 Å². The maximum atomic E-state index is 4.63. The molecule has 3 heterocycles. The van der Waals surface area contributed by atoms with Gasteiger partial charge < -0.3 is 10.3 Å². The fraction of sp³-hybridized carbons (Fsp3) is 0.125. The van der Waals surface area contributed by atoms with Crippen molar-refractivity contribution < 1.29 is 0 Å². The molecule has 0 bridgehead atoms. The van der Waals surface area contributed by atoms with Crippen LogP contribution in [0.25, 0.3) is 21.3 Å². The molecule has 0 atom stereocenters. The first-order chi connectivity index (χ1) is 10.4. The lowest BCUT2D eigenvalue weighted by molar-refractivity contribution is 0.694. The van der Waals surface area contributed by atoms with Gasteiger partial charge in [-0.3, -0.25) is 0 Å². The number of thiazole rings is 1. The van der Waals surface area contributed by atoms with Crippen LogP contribution in [0.5, 0.6) is 0 Å². The number of aromatic nitrogens is 3. The van der Waals surface area contributed by atoms with Crippen LogP contribution in [-0.4, -0.2) is 15.0 Å². The molecule has 4 nitrogen and oxygen atoms in total. The maximum Gasteiger partial charge on any atom is 0.137 e. The zero-order valence-electron chi connectivity index (χ0n) is 11.3. The molecule has 3 aromatic heterocycles. The van der Waals surface area contributed by atoms with Crippen LogP contribution in [0.3, 0.4) is 0 Å². The fourth-order valence-electron chi connectivity index (χ4n) is 2.46. The predicted octanol–water partition coefficient (Wildman–Crippen LogP) is 3.46. The van der Waals surface area contributed by atoms with Crippen molar-refractivity contribution >= 4 is 32.6 Å². The van der Waals surface area contributed by atoms with E-state index in [1.54, 1.807) is 17.5 Å². The zero-order valence-corrected chi connectivity index (χ0v) is 12.2. The SMILES string of the molecule is c1ccc2sc(CNCc3c[nH]c4ncccc34)nc2c1. The second-order valence-electron chi connectivity index (χ2n) is 4.89. The summed E-state index contributed by atoms with van der Waals surface area (Å²) in [6.45, 7) is 1.59. The number of hydrogen-bond acceptors (Lipinski definition) is 4. The highest BCUT2D eigenvalue weighted by Crippen LogP contribution is 2.21. The normalized spacial score (nSPS) is 11.4. The topological polar surface area (TPSA) is 53.6 Å². The molecule has 104 valence electrons. The monoisotopic (exact) mass is 294 g/mol. The molecule has 21 heavy (non-hydrogen) atoms. The molecule has 5 heteroatoms. The number of nitrogens with one attached hydrogen (secondary N) is 2. The second-order valence-corrected chi connectivity index (χ2v) is 6.01. The molecule has 0 saturated carbocycles. The van der Waals surface area contributed by atoms with Gasteiger partial charge in [-0.1, -0.05) is 12.1 Å². The van der Waals surface area contributed by atoms with Gasteiger partial charge in [0.05, 0.1) is 10.2 Å². The summed E-state index contributed by atoms with van der Waals surface area (Å²) in [5.74, 6) is 0. The van der Waals surface area contributed by atoms with E-state index in [1.165, 1.54) is 15.6 Å². The second kappa shape index (κ2) is 5.27. The van der Waals surface area contributed by atoms with Gasteiger partial charge in [0.2, 0.25) is 0 Å². The molecule has 4 aromatic rings. The number of H-pyrrole nitrogens is 1. The average molecular weight is 294 g/mol. The number of fused-ring (bicyclic) bond motifs is 2. The highest BCUT2D eigenvalue weighted by molar-refractivity contribution is 7.18. The number of para-hydroxylation sites is 1. The lowest BCUT2D eigenvalue weighted by Crippen LogP contribution is -2.12. The molecule has 0 amide bonds. The summed E-state index contributed by atoms with van der Waals surface area (Å²) in [6, 6.07) is 12.3. The van der Waals surface area contributed by atoms with Crippen LogP contribution in [-0.2, 0) is 13.1 Å². The Morgan fingerprint density at radius 1 is 1.10 bits per heavy atom. The van der Waals surface area contributed by atoms with E-state index in [2.05, 4.69) is 44.5 Å². The van der Waals surface area contributed by atoms with E-state index in [0.717, 1.165) is 29.3 Å². The molecule has 0 saturated heterocycles. The van der Waals surface area contributed by atoms with Gasteiger partial charge in [0.1, 0.15) is 10.7 Å². The van der Waals surface area contributed by atoms with E-state index in [-0.39, 0.29) is 0 Å². The summed E-state index contributed by atoms with van der Waals surface area (Å²) in [7, 11) is 0. The summed E-state index contributed by atoms with van der Waals surface area (Å²) >= 11 is 1.74. The lowest BCUT2D eigenvalue weighted by Gasteiger charge is -2.00. The van der Waals surface area contributed by atoms with Gasteiger partial charge in [0.15, 0.2) is 0 Å². The Labute approximate surface area is 125 Å². The Kier molecular flexibility index (Phi) is 3.14. The third-order valence-electron chi connectivity index (χ3n) is 3.47. The molecule has 0 aliphatic rings. The summed E-state index contributed by atoms with van der Waals surface area (Å²) in [4.78, 5) is 12.1. The van der Waals surface area contributed by atoms with Crippen LogP contribution in [0, 0.1) is 0 Å². The Hall–Kier alpha value is -2.24. The van der Waals surface area contributed by atoms with Gasteiger partial charge in [-0.2, -0.15) is 0 Å². The first-order valence-corrected chi connectivity index (χ1v) is 7.68. The third-order valence-corrected chi connectivity index (χ3v) is 4.50. The number of benzene rings is 1. The number of hydrogen-bond donors (Lipinski definition) is 2. The molecule has 0 unspecified atom stereocenters. The van der Waals surface area contributed by atoms with Gasteiger partial charge in [0.25, 0.3) is 0 Å². The third kappa shape index (κ3) is 2.41. The number of pyridine rings is 1. The van der Waals surface area contributed by atoms with Crippen molar-refractivity contribution in [2.24, 2.45) is 0 Å². The Balaban J connectivity index is 1.47. The van der Waals surface area contributed by atoms with Gasteiger partial charge in [-0.15, -0.1) is 11.3 Å². The van der Waals surface area contributed by atoms with Crippen LogP contribution < -0.4 is 5.32 Å². The summed E-state index contributed by atoms with van der Waals surface area (Å²) in [5, 5.41) is 5.75. The molecule has 0 aliphatic heterocycles. The summed E-state index contributed by atoms with van der Waals surface area (Å²) in [6.07, 6.45) is 3.82. The minimum Gasteiger partial charge on any atom is -0.346 e. The average Bonchev–Trinajstić information content (AvgIpc) is 3.11. The van der Waals surface area contributed by atoms with E-state index in [4.69, 9.17) is 0 Å². The van der Waals surface area contributed by atoms with Crippen molar-refractivity contribution in [1.29, 1.82) is 0 Å². The minimum atomic E-state index is 0.784. The quantitative estimate of drug-likeness (QED) is 0.606. The minimum absolute atomic E-state index is 0.784. The predicted molar refractivity (Wildman–Crippen MR) is 86.3 cm³/mol. The van der Waals surface area contributed by atoms with Crippen LogP contribution in [0.2, 0.25) is 0 Å². The fourth-order valence-corrected chi connectivity index (χ4v) is 3.40. The van der Waals surface area contributed by atoms with E-state index >= 15 is 0 Å². The molecule has 0 spiro atoms. The zero-order chi connectivity index (χ0) is 14.1. The Morgan fingerprint density at radius 2 is 2.05 bits per heavy atom. The Bertz CT molecular complexity index is 860. The van der Waals surface area contributed by atoms with E-state index in [1.807, 2.05) is 18.3 Å². The molecule has 0 fully saturated rings. The van der Waals surface area contributed by atoms with Crippen molar-refractivity contribution in [3.63, 3.8) is 0 Å². The maximum absolute atomic E-state index is 4.63. The van der Waals surface area contributed by atoms with Gasteiger partial charge in [-0.25, -0.2) is 9.97 Å². The lowest BCUT2D eigenvalue weighted by atomic mass is 10.2. The van der Waals surface area contributed by atoms with E-state index < -0.39 is 0 Å². The smallest absolute Gasteiger partial charge is 0.137 e. The van der Waals surface area contributed by atoms with Gasteiger partial charge >= 0.3 is 0 Å². The van der Waals surface area contributed by atoms with Crippen molar-refractivity contribution in [2.75, 3.05) is 0 Å². The largest absolute Gasteiger partial charge is 0.346 e. The van der Waals surface area contributed by atoms with E-state index in [0.29, 0.717) is 0 Å². The van der Waals surface area contributed by atoms with Crippen molar-refractivity contribution in [3.8, 4) is 0 Å².